The van der Waals surface area contributed by atoms with E-state index < -0.39 is 6.03 Å². The minimum absolute atomic E-state index is 0.0458. The van der Waals surface area contributed by atoms with Gasteiger partial charge in [0.05, 0.1) is 31.5 Å². The molecular weight excluding hydrogens is 412 g/mol. The Morgan fingerprint density at radius 3 is 1.71 bits per heavy atom. The molecule has 9 heteroatoms. The molecule has 4 nitrogen and oxygen atoms in total. The number of nitrogens with one attached hydrogen (secondary N) is 1. The van der Waals surface area contributed by atoms with Crippen LogP contribution in [-0.4, -0.2) is 16.9 Å². The molecule has 122 valence electrons. The standard InChI is InChI=1S/C15H7Cl4N3OS/c16-9-3-1-7(5-11(9)18)21-13(20)14(24)22(15(21)23)8-2-4-10(17)12(19)6-8/h1-6,20H. The molecule has 0 spiro atoms. The number of carbonyl (C=O) groups excluding carboxylic acids is 1. The second-order valence-corrected chi connectivity index (χ2v) is 6.82. The molecule has 2 aromatic rings. The molecule has 0 aliphatic carbocycles. The Morgan fingerprint density at radius 1 is 0.792 bits per heavy atom. The monoisotopic (exact) mass is 417 g/mol. The van der Waals surface area contributed by atoms with Crippen LogP contribution in [0.3, 0.4) is 0 Å². The van der Waals surface area contributed by atoms with Gasteiger partial charge in [-0.15, -0.1) is 0 Å². The predicted molar refractivity (Wildman–Crippen MR) is 104 cm³/mol. The van der Waals surface area contributed by atoms with Crippen LogP contribution in [0.25, 0.3) is 0 Å². The van der Waals surface area contributed by atoms with Crippen molar-refractivity contribution >= 4 is 86.9 Å². The summed E-state index contributed by atoms with van der Waals surface area (Å²) >= 11 is 29.0. The number of benzene rings is 2. The molecule has 0 saturated carbocycles. The maximum absolute atomic E-state index is 12.8. The molecule has 1 saturated heterocycles. The van der Waals surface area contributed by atoms with E-state index in [2.05, 4.69) is 0 Å². The van der Waals surface area contributed by atoms with Gasteiger partial charge in [-0.05, 0) is 36.4 Å². The number of rotatable bonds is 2. The smallest absolute Gasteiger partial charge is 0.281 e. The van der Waals surface area contributed by atoms with Crippen molar-refractivity contribution in [3.63, 3.8) is 0 Å². The van der Waals surface area contributed by atoms with E-state index in [0.29, 0.717) is 21.4 Å². The lowest BCUT2D eigenvalue weighted by Gasteiger charge is -2.18. The summed E-state index contributed by atoms with van der Waals surface area (Å²) in [4.78, 5) is 15.2. The van der Waals surface area contributed by atoms with Crippen LogP contribution in [0.5, 0.6) is 0 Å². The summed E-state index contributed by atoms with van der Waals surface area (Å²) in [5.41, 5.74) is 0.816. The zero-order valence-electron chi connectivity index (χ0n) is 11.7. The van der Waals surface area contributed by atoms with Crippen molar-refractivity contribution < 1.29 is 4.79 Å². The third kappa shape index (κ3) is 2.87. The average molecular weight is 419 g/mol. The highest BCUT2D eigenvalue weighted by atomic mass is 35.5. The fraction of sp³-hybridized carbons (Fsp3) is 0. The van der Waals surface area contributed by atoms with Gasteiger partial charge in [-0.1, -0.05) is 58.6 Å². The van der Waals surface area contributed by atoms with E-state index in [0.717, 1.165) is 4.90 Å². The number of nitrogens with zero attached hydrogens (tertiary/aromatic N) is 2. The quantitative estimate of drug-likeness (QED) is 0.603. The third-order valence-corrected chi connectivity index (χ3v) is 5.19. The van der Waals surface area contributed by atoms with Crippen LogP contribution in [0.15, 0.2) is 36.4 Å². The molecule has 3 rings (SSSR count). The molecule has 1 aliphatic heterocycles. The first-order chi connectivity index (χ1) is 11.3. The molecule has 24 heavy (non-hydrogen) atoms. The van der Waals surface area contributed by atoms with Crippen molar-refractivity contribution in [2.45, 2.75) is 0 Å². The summed E-state index contributed by atoms with van der Waals surface area (Å²) in [6.07, 6.45) is 0. The van der Waals surface area contributed by atoms with E-state index in [9.17, 15) is 4.79 Å². The van der Waals surface area contributed by atoms with Crippen molar-refractivity contribution in [3.05, 3.63) is 56.5 Å². The Hall–Kier alpha value is -1.37. The van der Waals surface area contributed by atoms with Crippen molar-refractivity contribution in [1.29, 1.82) is 5.41 Å². The van der Waals surface area contributed by atoms with Gasteiger partial charge in [-0.2, -0.15) is 0 Å². The van der Waals surface area contributed by atoms with Crippen LogP contribution in [0.2, 0.25) is 20.1 Å². The SMILES string of the molecule is N=C1C(=S)N(c2ccc(Cl)c(Cl)c2)C(=O)N1c1ccc(Cl)c(Cl)c1. The van der Waals surface area contributed by atoms with E-state index in [-0.39, 0.29) is 20.9 Å². The third-order valence-electron chi connectivity index (χ3n) is 3.33. The van der Waals surface area contributed by atoms with Crippen LogP contribution in [0.4, 0.5) is 16.2 Å². The summed E-state index contributed by atoms with van der Waals surface area (Å²) in [5, 5.41) is 9.43. The number of carbonyl (C=O) groups is 1. The zero-order chi connectivity index (χ0) is 17.6. The molecular formula is C15H7Cl4N3OS. The highest BCUT2D eigenvalue weighted by Crippen LogP contribution is 2.34. The van der Waals surface area contributed by atoms with Crippen LogP contribution in [0, 0.1) is 5.41 Å². The van der Waals surface area contributed by atoms with Gasteiger partial charge in [-0.3, -0.25) is 5.41 Å². The van der Waals surface area contributed by atoms with E-state index in [1.807, 2.05) is 0 Å². The summed E-state index contributed by atoms with van der Waals surface area (Å²) in [7, 11) is 0. The highest BCUT2D eigenvalue weighted by molar-refractivity contribution is 7.82. The number of urea groups is 1. The second kappa shape index (κ2) is 6.50. The lowest BCUT2D eigenvalue weighted by molar-refractivity contribution is 0.257. The molecule has 0 atom stereocenters. The van der Waals surface area contributed by atoms with Crippen LogP contribution in [0.1, 0.15) is 0 Å². The van der Waals surface area contributed by atoms with Gasteiger partial charge in [0.25, 0.3) is 0 Å². The first-order valence-corrected chi connectivity index (χ1v) is 8.40. The van der Waals surface area contributed by atoms with Gasteiger partial charge in [0.1, 0.15) is 0 Å². The average Bonchev–Trinajstić information content (AvgIpc) is 2.75. The Bertz CT molecular complexity index is 831. The lowest BCUT2D eigenvalue weighted by Crippen LogP contribution is -2.33. The van der Waals surface area contributed by atoms with Crippen LogP contribution in [-0.2, 0) is 0 Å². The van der Waals surface area contributed by atoms with Crippen LogP contribution < -0.4 is 9.80 Å². The molecule has 1 heterocycles. The Kier molecular flexibility index (Phi) is 4.73. The molecule has 2 amide bonds. The van der Waals surface area contributed by atoms with Crippen molar-refractivity contribution in [1.82, 2.24) is 0 Å². The largest absolute Gasteiger partial charge is 0.340 e. The molecule has 0 radical (unpaired) electrons. The van der Waals surface area contributed by atoms with E-state index >= 15 is 0 Å². The number of hydrogen-bond acceptors (Lipinski definition) is 3. The maximum Gasteiger partial charge on any atom is 0.340 e. The minimum Gasteiger partial charge on any atom is -0.281 e. The Balaban J connectivity index is 2.04. The molecule has 1 fully saturated rings. The van der Waals surface area contributed by atoms with Crippen LogP contribution >= 0.6 is 58.6 Å². The van der Waals surface area contributed by atoms with Gasteiger partial charge in [0, 0.05) is 0 Å². The molecule has 0 bridgehead atoms. The summed E-state index contributed by atoms with van der Waals surface area (Å²) in [6.45, 7) is 0. The number of amidine groups is 1. The maximum atomic E-state index is 12.8. The normalized spacial score (nSPS) is 14.8. The van der Waals surface area contributed by atoms with Gasteiger partial charge < -0.3 is 0 Å². The first kappa shape index (κ1) is 17.5. The second-order valence-electron chi connectivity index (χ2n) is 4.80. The lowest BCUT2D eigenvalue weighted by atomic mass is 10.3. The highest BCUT2D eigenvalue weighted by Gasteiger charge is 2.40. The van der Waals surface area contributed by atoms with Gasteiger partial charge >= 0.3 is 6.03 Å². The molecule has 1 aliphatic rings. The van der Waals surface area contributed by atoms with Crippen molar-refractivity contribution in [2.75, 3.05) is 9.80 Å². The number of hydrogen-bond donors (Lipinski definition) is 1. The van der Waals surface area contributed by atoms with E-state index in [1.165, 1.54) is 17.0 Å². The summed E-state index contributed by atoms with van der Waals surface area (Å²) in [5.74, 6) is -0.139. The predicted octanol–water partition coefficient (Wildman–Crippen LogP) is 6.05. The fourth-order valence-corrected chi connectivity index (χ4v) is 3.06. The van der Waals surface area contributed by atoms with E-state index in [1.54, 1.807) is 24.3 Å². The van der Waals surface area contributed by atoms with Gasteiger partial charge in [-0.25, -0.2) is 14.6 Å². The summed E-state index contributed by atoms with van der Waals surface area (Å²) in [6, 6.07) is 8.79. The molecule has 1 N–H and O–H groups in total. The number of thiocarbonyl (C=S) groups is 1. The molecule has 0 aromatic heterocycles. The number of halogens is 4. The fourth-order valence-electron chi connectivity index (χ4n) is 2.20. The number of anilines is 2. The van der Waals surface area contributed by atoms with Gasteiger partial charge in [0.15, 0.2) is 10.8 Å². The Morgan fingerprint density at radius 2 is 1.25 bits per heavy atom. The van der Waals surface area contributed by atoms with Crippen molar-refractivity contribution in [3.8, 4) is 0 Å². The van der Waals surface area contributed by atoms with Crippen molar-refractivity contribution in [2.24, 2.45) is 0 Å². The van der Waals surface area contributed by atoms with Gasteiger partial charge in [0.2, 0.25) is 0 Å². The zero-order valence-corrected chi connectivity index (χ0v) is 15.5. The number of amides is 2. The first-order valence-electron chi connectivity index (χ1n) is 6.48. The molecule has 2 aromatic carbocycles. The summed E-state index contributed by atoms with van der Waals surface area (Å²) < 4.78 is 0. The minimum atomic E-state index is -0.512. The Labute approximate surface area is 163 Å². The topological polar surface area (TPSA) is 47.4 Å². The molecule has 0 unspecified atom stereocenters. The van der Waals surface area contributed by atoms with E-state index in [4.69, 9.17) is 64.0 Å².